The lowest BCUT2D eigenvalue weighted by molar-refractivity contribution is 0.0258. The van der Waals surface area contributed by atoms with Crippen molar-refractivity contribution in [3.8, 4) is 0 Å². The Morgan fingerprint density at radius 2 is 2.00 bits per heavy atom. The molecule has 0 aliphatic heterocycles. The molecule has 0 radical (unpaired) electrons. The summed E-state index contributed by atoms with van der Waals surface area (Å²) in [5.74, 6) is 0.0917. The quantitative estimate of drug-likeness (QED) is 0.570. The zero-order chi connectivity index (χ0) is 17.2. The van der Waals surface area contributed by atoms with E-state index in [4.69, 9.17) is 4.74 Å². The van der Waals surface area contributed by atoms with Gasteiger partial charge in [-0.05, 0) is 37.5 Å². The topological polar surface area (TPSA) is 45.6 Å². The molecule has 6 heteroatoms. The van der Waals surface area contributed by atoms with E-state index in [0.717, 1.165) is 18.6 Å². The van der Waals surface area contributed by atoms with Crippen LogP contribution in [0.3, 0.4) is 0 Å². The highest BCUT2D eigenvalue weighted by Crippen LogP contribution is 2.10. The van der Waals surface area contributed by atoms with Crippen molar-refractivity contribution in [1.82, 2.24) is 10.6 Å². The number of guanidine groups is 1. The SMILES string of the molecule is CCOC(CCNC(=NC)NCc1cc(F)ccc1F)C(C)C. The van der Waals surface area contributed by atoms with Crippen molar-refractivity contribution in [1.29, 1.82) is 0 Å². The van der Waals surface area contributed by atoms with Crippen molar-refractivity contribution in [3.63, 3.8) is 0 Å². The van der Waals surface area contributed by atoms with Crippen LogP contribution in [0.4, 0.5) is 8.78 Å². The van der Waals surface area contributed by atoms with Crippen molar-refractivity contribution >= 4 is 5.96 Å². The first-order chi connectivity index (χ1) is 11.0. The maximum atomic E-state index is 13.6. The first-order valence-electron chi connectivity index (χ1n) is 7.98. The fourth-order valence-electron chi connectivity index (χ4n) is 2.23. The molecule has 0 saturated heterocycles. The summed E-state index contributed by atoms with van der Waals surface area (Å²) in [5.41, 5.74) is 0.266. The molecule has 0 saturated carbocycles. The van der Waals surface area contributed by atoms with Gasteiger partial charge in [-0.2, -0.15) is 0 Å². The van der Waals surface area contributed by atoms with Gasteiger partial charge in [0, 0.05) is 32.3 Å². The highest BCUT2D eigenvalue weighted by atomic mass is 19.1. The fraction of sp³-hybridized carbons (Fsp3) is 0.588. The van der Waals surface area contributed by atoms with Gasteiger partial charge in [0.1, 0.15) is 11.6 Å². The average Bonchev–Trinajstić information content (AvgIpc) is 2.52. The summed E-state index contributed by atoms with van der Waals surface area (Å²) >= 11 is 0. The van der Waals surface area contributed by atoms with Gasteiger partial charge in [-0.15, -0.1) is 0 Å². The Morgan fingerprint density at radius 3 is 2.61 bits per heavy atom. The molecule has 0 fully saturated rings. The van der Waals surface area contributed by atoms with Crippen LogP contribution in [0.5, 0.6) is 0 Å². The van der Waals surface area contributed by atoms with Crippen molar-refractivity contribution in [2.75, 3.05) is 20.2 Å². The van der Waals surface area contributed by atoms with Crippen LogP contribution in [0.25, 0.3) is 0 Å². The average molecular weight is 327 g/mol. The fourth-order valence-corrected chi connectivity index (χ4v) is 2.23. The van der Waals surface area contributed by atoms with Crippen LogP contribution in [-0.2, 0) is 11.3 Å². The second-order valence-electron chi connectivity index (χ2n) is 5.61. The van der Waals surface area contributed by atoms with Gasteiger partial charge in [-0.1, -0.05) is 13.8 Å². The number of rotatable bonds is 8. The monoisotopic (exact) mass is 327 g/mol. The molecule has 130 valence electrons. The van der Waals surface area contributed by atoms with Gasteiger partial charge in [0.05, 0.1) is 6.10 Å². The smallest absolute Gasteiger partial charge is 0.191 e. The van der Waals surface area contributed by atoms with Crippen LogP contribution in [0, 0.1) is 17.6 Å². The third-order valence-electron chi connectivity index (χ3n) is 3.52. The molecule has 1 rings (SSSR count). The van der Waals surface area contributed by atoms with Crippen molar-refractivity contribution in [2.24, 2.45) is 10.9 Å². The van der Waals surface area contributed by atoms with Gasteiger partial charge in [0.25, 0.3) is 0 Å². The zero-order valence-corrected chi connectivity index (χ0v) is 14.3. The van der Waals surface area contributed by atoms with Crippen molar-refractivity contribution < 1.29 is 13.5 Å². The normalized spacial score (nSPS) is 13.3. The van der Waals surface area contributed by atoms with Gasteiger partial charge in [-0.3, -0.25) is 4.99 Å². The molecular formula is C17H27F2N3O. The van der Waals surface area contributed by atoms with Crippen LogP contribution in [-0.4, -0.2) is 32.3 Å². The van der Waals surface area contributed by atoms with E-state index in [2.05, 4.69) is 29.5 Å². The first kappa shape index (κ1) is 19.4. The number of nitrogens with zero attached hydrogens (tertiary/aromatic N) is 1. The third-order valence-corrected chi connectivity index (χ3v) is 3.52. The van der Waals surface area contributed by atoms with Crippen molar-refractivity contribution in [2.45, 2.75) is 39.8 Å². The van der Waals surface area contributed by atoms with Crippen LogP contribution >= 0.6 is 0 Å². The Kier molecular flexibility index (Phi) is 8.55. The Morgan fingerprint density at radius 1 is 1.26 bits per heavy atom. The number of nitrogens with one attached hydrogen (secondary N) is 2. The second-order valence-corrected chi connectivity index (χ2v) is 5.61. The molecule has 4 nitrogen and oxygen atoms in total. The molecule has 1 atom stereocenters. The van der Waals surface area contributed by atoms with Gasteiger partial charge in [0.2, 0.25) is 0 Å². The summed E-state index contributed by atoms with van der Waals surface area (Å²) in [5, 5.41) is 6.14. The molecule has 0 heterocycles. The molecule has 1 aromatic rings. The Hall–Kier alpha value is -1.69. The summed E-state index contributed by atoms with van der Waals surface area (Å²) in [6.07, 6.45) is 1.03. The largest absolute Gasteiger partial charge is 0.378 e. The van der Waals surface area contributed by atoms with E-state index in [1.165, 1.54) is 6.07 Å². The van der Waals surface area contributed by atoms with Crippen LogP contribution < -0.4 is 10.6 Å². The third kappa shape index (κ3) is 6.95. The highest BCUT2D eigenvalue weighted by molar-refractivity contribution is 5.79. The van der Waals surface area contributed by atoms with E-state index < -0.39 is 11.6 Å². The summed E-state index contributed by atoms with van der Waals surface area (Å²) in [6, 6.07) is 3.41. The molecule has 1 aromatic carbocycles. The number of hydrogen-bond acceptors (Lipinski definition) is 2. The minimum atomic E-state index is -0.456. The number of ether oxygens (including phenoxy) is 1. The molecular weight excluding hydrogens is 300 g/mol. The predicted molar refractivity (Wildman–Crippen MR) is 89.4 cm³/mol. The second kappa shape index (κ2) is 10.2. The van der Waals surface area contributed by atoms with Gasteiger partial charge >= 0.3 is 0 Å². The molecule has 0 aliphatic carbocycles. The highest BCUT2D eigenvalue weighted by Gasteiger charge is 2.13. The van der Waals surface area contributed by atoms with Gasteiger partial charge in [0.15, 0.2) is 5.96 Å². The Labute approximate surface area is 137 Å². The Bertz CT molecular complexity index is 507. The molecule has 2 N–H and O–H groups in total. The van der Waals surface area contributed by atoms with Crippen molar-refractivity contribution in [3.05, 3.63) is 35.4 Å². The first-order valence-corrected chi connectivity index (χ1v) is 7.98. The maximum Gasteiger partial charge on any atom is 0.191 e. The lowest BCUT2D eigenvalue weighted by Gasteiger charge is -2.21. The van der Waals surface area contributed by atoms with E-state index in [1.807, 2.05) is 6.92 Å². The molecule has 0 aromatic heterocycles. The minimum absolute atomic E-state index is 0.169. The predicted octanol–water partition coefficient (Wildman–Crippen LogP) is 3.08. The van der Waals surface area contributed by atoms with E-state index in [1.54, 1.807) is 7.05 Å². The number of hydrogen-bond donors (Lipinski definition) is 2. The summed E-state index contributed by atoms with van der Waals surface area (Å²) < 4.78 is 32.4. The van der Waals surface area contributed by atoms with E-state index in [9.17, 15) is 8.78 Å². The Balaban J connectivity index is 2.44. The van der Waals surface area contributed by atoms with Crippen LogP contribution in [0.1, 0.15) is 32.8 Å². The molecule has 0 spiro atoms. The lowest BCUT2D eigenvalue weighted by atomic mass is 10.0. The standard InChI is InChI=1S/C17H27F2N3O/c1-5-23-16(12(2)3)8-9-21-17(20-4)22-11-13-10-14(18)6-7-15(13)19/h6-7,10,12,16H,5,8-9,11H2,1-4H3,(H2,20,21,22). The van der Waals surface area contributed by atoms with Crippen LogP contribution in [0.15, 0.2) is 23.2 Å². The van der Waals surface area contributed by atoms with E-state index >= 15 is 0 Å². The maximum absolute atomic E-state index is 13.6. The van der Waals surface area contributed by atoms with E-state index in [0.29, 0.717) is 25.0 Å². The van der Waals surface area contributed by atoms with Crippen LogP contribution in [0.2, 0.25) is 0 Å². The molecule has 23 heavy (non-hydrogen) atoms. The van der Waals surface area contributed by atoms with Gasteiger partial charge in [-0.25, -0.2) is 8.78 Å². The summed E-state index contributed by atoms with van der Waals surface area (Å²) in [6.45, 7) is 7.78. The molecule has 0 amide bonds. The number of benzene rings is 1. The molecule has 0 aliphatic rings. The lowest BCUT2D eigenvalue weighted by Crippen LogP contribution is -2.39. The molecule has 1 unspecified atom stereocenters. The zero-order valence-electron chi connectivity index (χ0n) is 14.3. The number of halogens is 2. The van der Waals surface area contributed by atoms with E-state index in [-0.39, 0.29) is 18.2 Å². The molecule has 0 bridgehead atoms. The summed E-state index contributed by atoms with van der Waals surface area (Å²) in [7, 11) is 1.64. The number of aliphatic imine (C=N–C) groups is 1. The minimum Gasteiger partial charge on any atom is -0.378 e. The summed E-state index contributed by atoms with van der Waals surface area (Å²) in [4.78, 5) is 4.08. The van der Waals surface area contributed by atoms with Gasteiger partial charge < -0.3 is 15.4 Å².